The number of fused-ring (bicyclic) bond motifs is 3. The van der Waals surface area contributed by atoms with Crippen molar-refractivity contribution in [3.63, 3.8) is 0 Å². The van der Waals surface area contributed by atoms with Crippen LogP contribution in [0.5, 0.6) is 0 Å². The Morgan fingerprint density at radius 1 is 0.471 bits per heavy atom. The Bertz CT molecular complexity index is 1650. The van der Waals surface area contributed by atoms with Crippen LogP contribution in [0.1, 0.15) is 16.7 Å². The summed E-state index contributed by atoms with van der Waals surface area (Å²) in [5.41, 5.74) is 7.83. The van der Waals surface area contributed by atoms with Crippen molar-refractivity contribution in [1.29, 1.82) is 15.8 Å². The number of nitriles is 3. The maximum atomic E-state index is 9.30. The first-order chi connectivity index (χ1) is 16.6. The number of rotatable bonds is 3. The number of H-pyrrole nitrogens is 3. The van der Waals surface area contributed by atoms with Gasteiger partial charge < -0.3 is 15.0 Å². The van der Waals surface area contributed by atoms with Gasteiger partial charge in [0, 0.05) is 40.6 Å². The molecule has 34 heavy (non-hydrogen) atoms. The topological polar surface area (TPSA) is 119 Å². The summed E-state index contributed by atoms with van der Waals surface area (Å²) < 4.78 is 0. The molecule has 0 aliphatic heterocycles. The van der Waals surface area contributed by atoms with Gasteiger partial charge in [0.05, 0.1) is 51.2 Å². The summed E-state index contributed by atoms with van der Waals surface area (Å²) in [4.78, 5) is 10.7. The zero-order valence-electron chi connectivity index (χ0n) is 17.7. The summed E-state index contributed by atoms with van der Waals surface area (Å²) in [6, 6.07) is 29.8. The molecule has 0 aliphatic rings. The predicted molar refractivity (Wildman–Crippen MR) is 135 cm³/mol. The van der Waals surface area contributed by atoms with E-state index in [1.54, 1.807) is 0 Å². The number of hydrogen-bond acceptors (Lipinski definition) is 3. The summed E-state index contributed by atoms with van der Waals surface area (Å²) in [6.07, 6.45) is 0. The molecule has 0 saturated carbocycles. The Labute approximate surface area is 195 Å². The normalized spacial score (nSPS) is 11.1. The van der Waals surface area contributed by atoms with E-state index in [-0.39, 0.29) is 0 Å². The largest absolute Gasteiger partial charge is 0.354 e. The lowest BCUT2D eigenvalue weighted by Crippen LogP contribution is -2.22. The second-order valence-corrected chi connectivity index (χ2v) is 10.2. The molecular formula is C27H15N6P. The molecular weight excluding hydrogens is 439 g/mol. The zero-order valence-corrected chi connectivity index (χ0v) is 18.6. The summed E-state index contributed by atoms with van der Waals surface area (Å²) in [5, 5.41) is 30.8. The van der Waals surface area contributed by atoms with Crippen molar-refractivity contribution in [2.45, 2.75) is 0 Å². The van der Waals surface area contributed by atoms with Gasteiger partial charge in [0.2, 0.25) is 0 Å². The van der Waals surface area contributed by atoms with Gasteiger partial charge in [-0.15, -0.1) is 0 Å². The standard InChI is InChI=1S/C27H15N6P/c28-13-16-1-4-22-19(7-16)10-25(31-22)34(26-11-20-8-17(14-29)2-5-23(20)32-26)27-12-21-9-18(15-30)3-6-24(21)33-27/h1-12,31-33H. The van der Waals surface area contributed by atoms with Crippen LogP contribution in [0.15, 0.2) is 72.8 Å². The molecule has 0 saturated heterocycles. The van der Waals surface area contributed by atoms with E-state index >= 15 is 0 Å². The van der Waals surface area contributed by atoms with E-state index in [1.165, 1.54) is 0 Å². The molecule has 7 heteroatoms. The summed E-state index contributed by atoms with van der Waals surface area (Å²) in [7, 11) is -1.04. The first kappa shape index (κ1) is 19.8. The van der Waals surface area contributed by atoms with Gasteiger partial charge >= 0.3 is 0 Å². The predicted octanol–water partition coefficient (Wildman–Crippen LogP) is 4.50. The maximum absolute atomic E-state index is 9.30. The quantitative estimate of drug-likeness (QED) is 0.342. The summed E-state index contributed by atoms with van der Waals surface area (Å²) in [5.74, 6) is 0. The van der Waals surface area contributed by atoms with Crippen LogP contribution in [0.25, 0.3) is 32.7 Å². The Morgan fingerprint density at radius 3 is 1.09 bits per heavy atom. The molecule has 158 valence electrons. The summed E-state index contributed by atoms with van der Waals surface area (Å²) >= 11 is 0. The van der Waals surface area contributed by atoms with Crippen molar-refractivity contribution in [3.05, 3.63) is 89.5 Å². The Kier molecular flexibility index (Phi) is 4.46. The Morgan fingerprint density at radius 2 is 0.794 bits per heavy atom. The molecule has 0 radical (unpaired) electrons. The third kappa shape index (κ3) is 3.21. The molecule has 3 aromatic heterocycles. The fourth-order valence-corrected chi connectivity index (χ4v) is 6.59. The van der Waals surface area contributed by atoms with Gasteiger partial charge in [0.1, 0.15) is 0 Å². The lowest BCUT2D eigenvalue weighted by atomic mass is 10.2. The highest BCUT2D eigenvalue weighted by molar-refractivity contribution is 7.79. The molecule has 0 amide bonds. The van der Waals surface area contributed by atoms with Gasteiger partial charge in [-0.2, -0.15) is 15.8 Å². The molecule has 0 bridgehead atoms. The minimum absolute atomic E-state index is 0.617. The summed E-state index contributed by atoms with van der Waals surface area (Å²) in [6.45, 7) is 0. The molecule has 0 aliphatic carbocycles. The molecule has 6 nitrogen and oxygen atoms in total. The Hall–Kier alpha value is -4.82. The minimum Gasteiger partial charge on any atom is -0.354 e. The lowest BCUT2D eigenvalue weighted by molar-refractivity contribution is 1.48. The number of hydrogen-bond donors (Lipinski definition) is 3. The van der Waals surface area contributed by atoms with Crippen LogP contribution >= 0.6 is 7.92 Å². The molecule has 0 unspecified atom stereocenters. The smallest absolute Gasteiger partial charge is 0.0991 e. The highest BCUT2D eigenvalue weighted by Gasteiger charge is 2.23. The Balaban J connectivity index is 1.58. The van der Waals surface area contributed by atoms with E-state index in [2.05, 4.69) is 51.4 Å². The molecule has 6 rings (SSSR count). The third-order valence-corrected chi connectivity index (χ3v) is 8.10. The maximum Gasteiger partial charge on any atom is 0.0991 e. The highest BCUT2D eigenvalue weighted by atomic mass is 31.1. The number of nitrogens with zero attached hydrogens (tertiary/aromatic N) is 3. The van der Waals surface area contributed by atoms with Crippen molar-refractivity contribution in [2.24, 2.45) is 0 Å². The highest BCUT2D eigenvalue weighted by Crippen LogP contribution is 2.35. The number of benzene rings is 3. The van der Waals surface area contributed by atoms with Crippen molar-refractivity contribution in [2.75, 3.05) is 0 Å². The minimum atomic E-state index is -1.04. The molecule has 3 N–H and O–H groups in total. The second-order valence-electron chi connectivity index (χ2n) is 8.04. The van der Waals surface area contributed by atoms with Crippen molar-refractivity contribution in [3.8, 4) is 18.2 Å². The van der Waals surface area contributed by atoms with E-state index in [0.717, 1.165) is 49.0 Å². The van der Waals surface area contributed by atoms with Crippen LogP contribution in [0.2, 0.25) is 0 Å². The van der Waals surface area contributed by atoms with Gasteiger partial charge in [-0.1, -0.05) is 0 Å². The molecule has 0 atom stereocenters. The molecule has 3 aromatic carbocycles. The first-order valence-electron chi connectivity index (χ1n) is 10.5. The van der Waals surface area contributed by atoms with E-state index in [9.17, 15) is 15.8 Å². The van der Waals surface area contributed by atoms with Crippen molar-refractivity contribution < 1.29 is 0 Å². The SMILES string of the molecule is N#Cc1ccc2[nH]c(P(c3cc4cc(C#N)ccc4[nH]3)c3cc4cc(C#N)ccc4[nH]3)cc2c1. The monoisotopic (exact) mass is 454 g/mol. The average Bonchev–Trinajstić information content (AvgIpc) is 3.58. The molecule has 0 fully saturated rings. The molecule has 6 aromatic rings. The zero-order chi connectivity index (χ0) is 23.2. The van der Waals surface area contributed by atoms with E-state index in [1.807, 2.05) is 54.6 Å². The van der Waals surface area contributed by atoms with Crippen LogP contribution in [0.4, 0.5) is 0 Å². The van der Waals surface area contributed by atoms with Crippen molar-refractivity contribution >= 4 is 56.9 Å². The second kappa shape index (κ2) is 7.65. The molecule has 0 spiro atoms. The van der Waals surface area contributed by atoms with Crippen LogP contribution < -0.4 is 16.3 Å². The number of aromatic nitrogens is 3. The molecule has 3 heterocycles. The van der Waals surface area contributed by atoms with Crippen LogP contribution in [-0.4, -0.2) is 15.0 Å². The van der Waals surface area contributed by atoms with Gasteiger partial charge in [0.25, 0.3) is 0 Å². The van der Waals surface area contributed by atoms with Crippen LogP contribution in [0.3, 0.4) is 0 Å². The third-order valence-electron chi connectivity index (χ3n) is 5.93. The van der Waals surface area contributed by atoms with Gasteiger partial charge in [-0.05, 0) is 72.8 Å². The van der Waals surface area contributed by atoms with Gasteiger partial charge in [-0.25, -0.2) is 0 Å². The van der Waals surface area contributed by atoms with Crippen molar-refractivity contribution in [1.82, 2.24) is 15.0 Å². The number of nitrogens with one attached hydrogen (secondary N) is 3. The van der Waals surface area contributed by atoms with Crippen LogP contribution in [0, 0.1) is 34.0 Å². The van der Waals surface area contributed by atoms with Gasteiger partial charge in [-0.3, -0.25) is 0 Å². The van der Waals surface area contributed by atoms with E-state index in [0.29, 0.717) is 16.7 Å². The van der Waals surface area contributed by atoms with Crippen LogP contribution in [-0.2, 0) is 0 Å². The first-order valence-corrected chi connectivity index (χ1v) is 11.9. The fourth-order valence-electron chi connectivity index (χ4n) is 4.31. The lowest BCUT2D eigenvalue weighted by Gasteiger charge is -2.13. The van der Waals surface area contributed by atoms with E-state index in [4.69, 9.17) is 0 Å². The fraction of sp³-hybridized carbons (Fsp3) is 0. The van der Waals surface area contributed by atoms with E-state index < -0.39 is 7.92 Å². The average molecular weight is 454 g/mol. The van der Waals surface area contributed by atoms with Gasteiger partial charge in [0.15, 0.2) is 0 Å². The number of aromatic amines is 3.